The van der Waals surface area contributed by atoms with E-state index in [0.29, 0.717) is 19.0 Å². The van der Waals surface area contributed by atoms with Crippen molar-refractivity contribution in [3.63, 3.8) is 0 Å². The minimum Gasteiger partial charge on any atom is -0.379 e. The molecule has 0 aliphatic carbocycles. The first kappa shape index (κ1) is 17.1. The predicted molar refractivity (Wildman–Crippen MR) is 94.8 cm³/mol. The van der Waals surface area contributed by atoms with Crippen molar-refractivity contribution in [3.8, 4) is 0 Å². The van der Waals surface area contributed by atoms with Gasteiger partial charge < -0.3 is 10.1 Å². The van der Waals surface area contributed by atoms with Crippen LogP contribution in [0.25, 0.3) is 0 Å². The van der Waals surface area contributed by atoms with Gasteiger partial charge in [-0.05, 0) is 12.5 Å². The maximum atomic E-state index is 12.1. The second-order valence-electron chi connectivity index (χ2n) is 6.07. The molecule has 6 heteroatoms. The summed E-state index contributed by atoms with van der Waals surface area (Å²) in [5.74, 6) is 0.0134. The lowest BCUT2D eigenvalue weighted by molar-refractivity contribution is -0.120. The molecule has 1 N–H and O–H groups in total. The smallest absolute Gasteiger partial charge is 0.227 e. The highest BCUT2D eigenvalue weighted by Crippen LogP contribution is 2.15. The number of benzene rings is 1. The molecule has 1 amide bonds. The molecule has 1 fully saturated rings. The number of rotatable bonds is 6. The van der Waals surface area contributed by atoms with Gasteiger partial charge in [-0.2, -0.15) is 0 Å². The number of amides is 1. The molecule has 1 aromatic carbocycles. The van der Waals surface area contributed by atoms with E-state index in [2.05, 4.69) is 27.5 Å². The summed E-state index contributed by atoms with van der Waals surface area (Å²) in [5.41, 5.74) is 2.14. The van der Waals surface area contributed by atoms with Crippen LogP contribution in [-0.2, 0) is 29.0 Å². The van der Waals surface area contributed by atoms with E-state index in [1.165, 1.54) is 0 Å². The van der Waals surface area contributed by atoms with Crippen molar-refractivity contribution >= 4 is 17.2 Å². The predicted octanol–water partition coefficient (Wildman–Crippen LogP) is 2.22. The van der Waals surface area contributed by atoms with E-state index in [4.69, 9.17) is 4.74 Å². The van der Waals surface area contributed by atoms with E-state index in [0.717, 1.165) is 42.6 Å². The zero-order valence-corrected chi connectivity index (χ0v) is 14.7. The van der Waals surface area contributed by atoms with Gasteiger partial charge in [0.25, 0.3) is 0 Å². The standard InChI is InChI=1S/C18H23N3O2S/c1-14-12-23-8-7-21(14)11-16-13-24-18(20-16)9-17(22)19-10-15-5-3-2-4-6-15/h2-6,13-14H,7-12H2,1H3,(H,19,22)/t14-/m0/s1. The van der Waals surface area contributed by atoms with Crippen molar-refractivity contribution < 1.29 is 9.53 Å². The van der Waals surface area contributed by atoms with Crippen LogP contribution in [0.3, 0.4) is 0 Å². The molecule has 0 radical (unpaired) electrons. The average molecular weight is 345 g/mol. The summed E-state index contributed by atoms with van der Waals surface area (Å²) >= 11 is 1.56. The summed E-state index contributed by atoms with van der Waals surface area (Å²) in [6.45, 7) is 6.05. The Bertz CT molecular complexity index is 659. The molecule has 2 heterocycles. The third-order valence-electron chi connectivity index (χ3n) is 4.11. The minimum atomic E-state index is 0.0134. The number of ether oxygens (including phenoxy) is 1. The molecule has 3 rings (SSSR count). The van der Waals surface area contributed by atoms with Gasteiger partial charge in [0.15, 0.2) is 0 Å². The van der Waals surface area contributed by atoms with Crippen molar-refractivity contribution in [2.45, 2.75) is 32.5 Å². The lowest BCUT2D eigenvalue weighted by Crippen LogP contribution is -2.42. The number of carbonyl (C=O) groups excluding carboxylic acids is 1. The summed E-state index contributed by atoms with van der Waals surface area (Å²) in [7, 11) is 0. The molecule has 0 spiro atoms. The number of thiazole rings is 1. The molecule has 5 nitrogen and oxygen atoms in total. The van der Waals surface area contributed by atoms with Gasteiger partial charge in [0.1, 0.15) is 5.01 Å². The fourth-order valence-electron chi connectivity index (χ4n) is 2.70. The molecule has 1 aromatic heterocycles. The van der Waals surface area contributed by atoms with Crippen LogP contribution in [-0.4, -0.2) is 41.6 Å². The maximum Gasteiger partial charge on any atom is 0.227 e. The van der Waals surface area contributed by atoms with Crippen molar-refractivity contribution in [1.82, 2.24) is 15.2 Å². The van der Waals surface area contributed by atoms with Crippen LogP contribution in [0, 0.1) is 0 Å². The number of morpholine rings is 1. The fourth-order valence-corrected chi connectivity index (χ4v) is 3.49. The third-order valence-corrected chi connectivity index (χ3v) is 5.01. The SMILES string of the molecule is C[C@H]1COCCN1Cc1csc(CC(=O)NCc2ccccc2)n1. The van der Waals surface area contributed by atoms with Gasteiger partial charge in [-0.25, -0.2) is 4.98 Å². The van der Waals surface area contributed by atoms with Crippen LogP contribution in [0.4, 0.5) is 0 Å². The largest absolute Gasteiger partial charge is 0.379 e. The van der Waals surface area contributed by atoms with Crippen LogP contribution in [0.1, 0.15) is 23.2 Å². The zero-order valence-electron chi connectivity index (χ0n) is 13.9. The summed E-state index contributed by atoms with van der Waals surface area (Å²) in [6, 6.07) is 10.3. The molecule has 2 aromatic rings. The van der Waals surface area contributed by atoms with E-state index in [9.17, 15) is 4.79 Å². The fraction of sp³-hybridized carbons (Fsp3) is 0.444. The van der Waals surface area contributed by atoms with Gasteiger partial charge in [0.05, 0.1) is 25.3 Å². The van der Waals surface area contributed by atoms with Crippen molar-refractivity contribution in [2.24, 2.45) is 0 Å². The number of hydrogen-bond donors (Lipinski definition) is 1. The van der Waals surface area contributed by atoms with Gasteiger partial charge >= 0.3 is 0 Å². The molecular formula is C18H23N3O2S. The van der Waals surface area contributed by atoms with E-state index >= 15 is 0 Å². The first-order chi connectivity index (χ1) is 11.7. The van der Waals surface area contributed by atoms with Crippen LogP contribution >= 0.6 is 11.3 Å². The molecule has 24 heavy (non-hydrogen) atoms. The second-order valence-corrected chi connectivity index (χ2v) is 7.01. The number of aromatic nitrogens is 1. The van der Waals surface area contributed by atoms with Crippen LogP contribution in [0.2, 0.25) is 0 Å². The Morgan fingerprint density at radius 3 is 3.04 bits per heavy atom. The molecule has 1 aliphatic heterocycles. The van der Waals surface area contributed by atoms with Gasteiger partial charge in [-0.3, -0.25) is 9.69 Å². The molecule has 128 valence electrons. The van der Waals surface area contributed by atoms with Crippen molar-refractivity contribution in [3.05, 3.63) is 52.0 Å². The molecule has 1 atom stereocenters. The first-order valence-electron chi connectivity index (χ1n) is 8.26. The molecule has 1 saturated heterocycles. The summed E-state index contributed by atoms with van der Waals surface area (Å²) < 4.78 is 5.46. The number of nitrogens with zero attached hydrogens (tertiary/aromatic N) is 2. The molecule has 0 bridgehead atoms. The Morgan fingerprint density at radius 2 is 2.25 bits per heavy atom. The zero-order chi connectivity index (χ0) is 16.8. The first-order valence-corrected chi connectivity index (χ1v) is 9.14. The van der Waals surface area contributed by atoms with E-state index in [1.54, 1.807) is 11.3 Å². The van der Waals surface area contributed by atoms with E-state index in [-0.39, 0.29) is 5.91 Å². The van der Waals surface area contributed by atoms with Gasteiger partial charge in [-0.15, -0.1) is 11.3 Å². The highest BCUT2D eigenvalue weighted by Gasteiger charge is 2.20. The molecule has 1 aliphatic rings. The van der Waals surface area contributed by atoms with Gasteiger partial charge in [0, 0.05) is 31.1 Å². The molecular weight excluding hydrogens is 322 g/mol. The van der Waals surface area contributed by atoms with E-state index in [1.807, 2.05) is 30.3 Å². The number of carbonyl (C=O) groups is 1. The normalized spacial score (nSPS) is 18.5. The highest BCUT2D eigenvalue weighted by molar-refractivity contribution is 7.09. The van der Waals surface area contributed by atoms with Gasteiger partial charge in [0.2, 0.25) is 5.91 Å². The summed E-state index contributed by atoms with van der Waals surface area (Å²) in [6.07, 6.45) is 0.343. The average Bonchev–Trinajstić information content (AvgIpc) is 3.03. The summed E-state index contributed by atoms with van der Waals surface area (Å²) in [5, 5.41) is 5.88. The molecule has 0 saturated carbocycles. The Balaban J connectivity index is 1.47. The monoisotopic (exact) mass is 345 g/mol. The molecule has 0 unspecified atom stereocenters. The van der Waals surface area contributed by atoms with Crippen molar-refractivity contribution in [1.29, 1.82) is 0 Å². The third kappa shape index (κ3) is 4.87. The lowest BCUT2D eigenvalue weighted by Gasteiger charge is -2.32. The topological polar surface area (TPSA) is 54.5 Å². The second kappa shape index (κ2) is 8.37. The Labute approximate surface area is 146 Å². The Hall–Kier alpha value is -1.76. The van der Waals surface area contributed by atoms with Crippen LogP contribution in [0.5, 0.6) is 0 Å². The van der Waals surface area contributed by atoms with Crippen LogP contribution < -0.4 is 5.32 Å². The number of hydrogen-bond acceptors (Lipinski definition) is 5. The quantitative estimate of drug-likeness (QED) is 0.872. The van der Waals surface area contributed by atoms with E-state index < -0.39 is 0 Å². The van der Waals surface area contributed by atoms with Crippen LogP contribution in [0.15, 0.2) is 35.7 Å². The maximum absolute atomic E-state index is 12.1. The van der Waals surface area contributed by atoms with Gasteiger partial charge in [-0.1, -0.05) is 30.3 Å². The minimum absolute atomic E-state index is 0.0134. The Morgan fingerprint density at radius 1 is 1.42 bits per heavy atom. The summed E-state index contributed by atoms with van der Waals surface area (Å²) in [4.78, 5) is 19.0. The lowest BCUT2D eigenvalue weighted by atomic mass is 10.2. The highest BCUT2D eigenvalue weighted by atomic mass is 32.1. The van der Waals surface area contributed by atoms with Crippen molar-refractivity contribution in [2.75, 3.05) is 19.8 Å². The Kier molecular flexibility index (Phi) is 5.96. The number of nitrogens with one attached hydrogen (secondary N) is 1.